The Hall–Kier alpha value is -0.540. The maximum Gasteiger partial charge on any atom is 0.116 e. The van der Waals surface area contributed by atoms with E-state index in [-0.39, 0.29) is 24.2 Å². The van der Waals surface area contributed by atoms with Gasteiger partial charge in [-0.15, -0.1) is 0 Å². The van der Waals surface area contributed by atoms with Crippen molar-refractivity contribution >= 4 is 0 Å². The fraction of sp³-hybridized carbons (Fsp3) is 0.964. The quantitative estimate of drug-likeness (QED) is 0.220. The molecule has 2 saturated heterocycles. The first kappa shape index (κ1) is 57.5. The number of ether oxygens (including phenoxy) is 3. The molecule has 0 aromatic rings. The molecule has 0 radical (unpaired) electrons. The van der Waals surface area contributed by atoms with Gasteiger partial charge in [-0.2, -0.15) is 0 Å². The van der Waals surface area contributed by atoms with Gasteiger partial charge in [0.2, 0.25) is 0 Å². The van der Waals surface area contributed by atoms with Crippen molar-refractivity contribution in [3.8, 4) is 0 Å². The highest BCUT2D eigenvalue weighted by Crippen LogP contribution is 2.50. The molecular formula is C55H110O3. The summed E-state index contributed by atoms with van der Waals surface area (Å²) in [4.78, 5) is 0. The van der Waals surface area contributed by atoms with Crippen molar-refractivity contribution in [3.63, 3.8) is 0 Å². The molecule has 0 bridgehead atoms. The smallest absolute Gasteiger partial charge is 0.116 e. The Balaban J connectivity index is 0.000000698. The number of hydrogen-bond donors (Lipinski definition) is 0. The fourth-order valence-corrected chi connectivity index (χ4v) is 12.4. The van der Waals surface area contributed by atoms with Gasteiger partial charge in [0.05, 0.1) is 17.5 Å². The van der Waals surface area contributed by atoms with Crippen LogP contribution < -0.4 is 0 Å². The van der Waals surface area contributed by atoms with E-state index in [1.54, 1.807) is 0 Å². The molecule has 5 rings (SSSR count). The molecule has 0 spiro atoms. The first-order valence-electron chi connectivity index (χ1n) is 25.1. The van der Waals surface area contributed by atoms with E-state index in [1.807, 2.05) is 6.26 Å². The maximum absolute atomic E-state index is 5.99. The average Bonchev–Trinajstić information content (AvgIpc) is 3.96. The van der Waals surface area contributed by atoms with Gasteiger partial charge in [0.15, 0.2) is 0 Å². The third kappa shape index (κ3) is 14.5. The Morgan fingerprint density at radius 3 is 0.793 bits per heavy atom. The first-order valence-corrected chi connectivity index (χ1v) is 25.1. The molecule has 3 heteroatoms. The Morgan fingerprint density at radius 1 is 0.328 bits per heavy atom. The van der Waals surface area contributed by atoms with Gasteiger partial charge in [-0.25, -0.2) is 0 Å². The molecule has 0 atom stereocenters. The highest BCUT2D eigenvalue weighted by atomic mass is 16.5. The second-order valence-electron chi connectivity index (χ2n) is 22.6. The predicted molar refractivity (Wildman–Crippen MR) is 260 cm³/mol. The van der Waals surface area contributed by atoms with Gasteiger partial charge < -0.3 is 14.2 Å². The van der Waals surface area contributed by atoms with Gasteiger partial charge in [0.25, 0.3) is 0 Å². The molecule has 0 unspecified atom stereocenters. The minimum absolute atomic E-state index is 0. The molecule has 0 N–H and O–H groups in total. The van der Waals surface area contributed by atoms with Crippen LogP contribution in [0.25, 0.3) is 0 Å². The van der Waals surface area contributed by atoms with Crippen molar-refractivity contribution in [2.75, 3.05) is 13.2 Å². The van der Waals surface area contributed by atoms with Crippen molar-refractivity contribution in [2.24, 2.45) is 70.0 Å². The molecule has 2 saturated carbocycles. The summed E-state index contributed by atoms with van der Waals surface area (Å²) in [5.74, 6) is 7.31. The van der Waals surface area contributed by atoms with E-state index in [1.165, 1.54) is 89.9 Å². The lowest BCUT2D eigenvalue weighted by Gasteiger charge is -2.44. The summed E-state index contributed by atoms with van der Waals surface area (Å²) in [6.07, 6.45) is 24.6. The summed E-state index contributed by atoms with van der Waals surface area (Å²) in [7, 11) is 0. The van der Waals surface area contributed by atoms with Gasteiger partial charge in [-0.05, 0) is 134 Å². The lowest BCUT2D eigenvalue weighted by atomic mass is 9.61. The minimum atomic E-state index is 0. The van der Waals surface area contributed by atoms with Crippen LogP contribution in [0.2, 0.25) is 0 Å². The molecule has 2 aliphatic carbocycles. The van der Waals surface area contributed by atoms with Gasteiger partial charge in [0.1, 0.15) is 5.60 Å². The predicted octanol–water partition coefficient (Wildman–Crippen LogP) is 17.8. The second kappa shape index (κ2) is 26.2. The summed E-state index contributed by atoms with van der Waals surface area (Å²) in [5, 5.41) is 0. The van der Waals surface area contributed by atoms with Gasteiger partial charge in [-0.3, -0.25) is 0 Å². The molecule has 0 aromatic carbocycles. The molecule has 4 fully saturated rings. The molecular weight excluding hydrogens is 709 g/mol. The molecule has 5 aliphatic rings. The fourth-order valence-electron chi connectivity index (χ4n) is 12.4. The Morgan fingerprint density at radius 2 is 0.621 bits per heavy atom. The monoisotopic (exact) mass is 819 g/mol. The summed E-state index contributed by atoms with van der Waals surface area (Å²) < 4.78 is 17.5. The molecule has 58 heavy (non-hydrogen) atoms. The minimum Gasteiger partial charge on any atom is -0.494 e. The first-order chi connectivity index (χ1) is 26.5. The summed E-state index contributed by atoms with van der Waals surface area (Å²) in [6.45, 7) is 48.3. The van der Waals surface area contributed by atoms with Crippen LogP contribution in [0.5, 0.6) is 0 Å². The Bertz CT molecular complexity index is 905. The zero-order chi connectivity index (χ0) is 43.8. The maximum atomic E-state index is 5.99. The Labute approximate surface area is 367 Å². The lowest BCUT2D eigenvalue weighted by molar-refractivity contribution is -0.137. The van der Waals surface area contributed by atoms with Crippen molar-refractivity contribution in [1.82, 2.24) is 0 Å². The highest BCUT2D eigenvalue weighted by molar-refractivity contribution is 5.01. The van der Waals surface area contributed by atoms with E-state index in [2.05, 4.69) is 145 Å². The van der Waals surface area contributed by atoms with Crippen molar-refractivity contribution < 1.29 is 14.2 Å². The van der Waals surface area contributed by atoms with Crippen LogP contribution in [0.1, 0.15) is 242 Å². The van der Waals surface area contributed by atoms with Crippen LogP contribution in [-0.2, 0) is 14.2 Å². The topological polar surface area (TPSA) is 27.7 Å². The largest absolute Gasteiger partial charge is 0.494 e. The standard InChI is InChI=1S/C12H24.C11H22O.C11H22.C10H20O.C10H18O.CH4/c1-10(2)12(11(3)4)8-6-5-7-9-12;1-9(2)11(10(3)4)7-5-6-8-12-11;1-9(2)11(10(3)4)7-5-6-8-11;2*1-8(2)10(9(3)4)6-5-7-11-10;/h10-11H,5-9H2,1-4H3;9-10H,5-8H2,1-4H3;9-10H,5-8H2,1-4H3;8-9H,5-7H2,1-4H3;5,7-9H,6H2,1-4H3;1H4. The van der Waals surface area contributed by atoms with E-state index in [0.717, 1.165) is 43.3 Å². The third-order valence-electron chi connectivity index (χ3n) is 17.0. The van der Waals surface area contributed by atoms with Crippen molar-refractivity contribution in [2.45, 2.75) is 259 Å². The van der Waals surface area contributed by atoms with Crippen LogP contribution >= 0.6 is 0 Å². The molecule has 3 nitrogen and oxygen atoms in total. The van der Waals surface area contributed by atoms with E-state index in [4.69, 9.17) is 14.2 Å². The molecule has 3 heterocycles. The Kier molecular flexibility index (Phi) is 25.9. The van der Waals surface area contributed by atoms with E-state index >= 15 is 0 Å². The van der Waals surface area contributed by atoms with E-state index < -0.39 is 0 Å². The summed E-state index contributed by atoms with van der Waals surface area (Å²) in [6, 6.07) is 0. The SMILES string of the molecule is C.CC(C)C1(C(C)C)CC=CO1.CC(C)C1(C(C)C)CCCC1.CC(C)C1(C(C)C)CCCCC1.CC(C)C1(C(C)C)CCCCO1.CC(C)C1(C(C)C)CCCO1. The number of rotatable bonds is 10. The molecule has 0 amide bonds. The summed E-state index contributed by atoms with van der Waals surface area (Å²) in [5.41, 5.74) is 1.83. The van der Waals surface area contributed by atoms with Crippen LogP contribution in [0.4, 0.5) is 0 Å². The molecule has 3 aliphatic heterocycles. The zero-order valence-corrected chi connectivity index (χ0v) is 42.7. The van der Waals surface area contributed by atoms with Gasteiger partial charge >= 0.3 is 0 Å². The van der Waals surface area contributed by atoms with E-state index in [9.17, 15) is 0 Å². The van der Waals surface area contributed by atoms with E-state index in [0.29, 0.717) is 46.3 Å². The number of hydrogen-bond acceptors (Lipinski definition) is 3. The molecule has 0 aromatic heterocycles. The van der Waals surface area contributed by atoms with Crippen LogP contribution in [-0.4, -0.2) is 30.0 Å². The van der Waals surface area contributed by atoms with Gasteiger partial charge in [0, 0.05) is 19.6 Å². The second-order valence-corrected chi connectivity index (χ2v) is 22.6. The summed E-state index contributed by atoms with van der Waals surface area (Å²) >= 11 is 0. The zero-order valence-electron chi connectivity index (χ0n) is 42.7. The lowest BCUT2D eigenvalue weighted by Crippen LogP contribution is -2.46. The van der Waals surface area contributed by atoms with Crippen molar-refractivity contribution in [3.05, 3.63) is 12.3 Å². The van der Waals surface area contributed by atoms with Crippen molar-refractivity contribution in [1.29, 1.82) is 0 Å². The third-order valence-corrected chi connectivity index (χ3v) is 17.0. The van der Waals surface area contributed by atoms with Gasteiger partial charge in [-0.1, -0.05) is 178 Å². The molecule has 348 valence electrons. The average molecular weight is 819 g/mol. The normalized spacial score (nSPS) is 22.7. The highest BCUT2D eigenvalue weighted by Gasteiger charge is 2.43. The van der Waals surface area contributed by atoms with Crippen LogP contribution in [0.15, 0.2) is 12.3 Å². The van der Waals surface area contributed by atoms with Crippen LogP contribution in [0.3, 0.4) is 0 Å². The van der Waals surface area contributed by atoms with Crippen LogP contribution in [0, 0.1) is 70.0 Å².